The molecular weight excluding hydrogens is 568 g/mol. The number of hydrogen-bond acceptors (Lipinski definition) is 19. The first-order valence-electron chi connectivity index (χ1n) is 13.9. The minimum absolute atomic E-state index is 0.0889. The number of ether oxygens (including phenoxy) is 6. The average Bonchev–Trinajstić information content (AvgIpc) is 3.27. The average molecular weight is 615 g/mol. The van der Waals surface area contributed by atoms with Gasteiger partial charge >= 0.3 is 0 Å². The summed E-state index contributed by atoms with van der Waals surface area (Å²) in [6.45, 7) is -0.967. The van der Waals surface area contributed by atoms with Gasteiger partial charge in [-0.05, 0) is 6.42 Å². The van der Waals surface area contributed by atoms with Gasteiger partial charge in [-0.25, -0.2) is 0 Å². The Morgan fingerprint density at radius 3 is 1.45 bits per heavy atom. The van der Waals surface area contributed by atoms with Crippen molar-refractivity contribution in [2.24, 2.45) is 34.4 Å². The van der Waals surface area contributed by atoms with Gasteiger partial charge in [-0.2, -0.15) is 0 Å². The van der Waals surface area contributed by atoms with E-state index in [0.29, 0.717) is 0 Å². The molecule has 0 radical (unpaired) electrons. The zero-order valence-electron chi connectivity index (χ0n) is 22.8. The van der Waals surface area contributed by atoms with Crippen LogP contribution >= 0.6 is 0 Å². The number of aliphatic hydroxyl groups is 7. The van der Waals surface area contributed by atoms with Crippen molar-refractivity contribution >= 4 is 0 Å². The van der Waals surface area contributed by atoms with Crippen molar-refractivity contribution < 1.29 is 64.2 Å². The summed E-state index contributed by atoms with van der Waals surface area (Å²) in [6, 6.07) is -4.18. The summed E-state index contributed by atoms with van der Waals surface area (Å²) in [4.78, 5) is 0. The highest BCUT2D eigenvalue weighted by Gasteiger charge is 2.54. The van der Waals surface area contributed by atoms with Gasteiger partial charge in [0, 0.05) is 25.2 Å². The highest BCUT2D eigenvalue weighted by Crippen LogP contribution is 2.34. The summed E-state index contributed by atoms with van der Waals surface area (Å²) >= 11 is 0. The smallest absolute Gasteiger partial charge is 0.187 e. The summed E-state index contributed by atoms with van der Waals surface area (Å²) in [7, 11) is 0. The lowest BCUT2D eigenvalue weighted by molar-refractivity contribution is -0.306. The molecule has 4 fully saturated rings. The summed E-state index contributed by atoms with van der Waals surface area (Å²) in [5.41, 5.74) is 35.6. The molecule has 3 heterocycles. The lowest BCUT2D eigenvalue weighted by atomic mass is 9.84. The molecule has 4 aliphatic rings. The summed E-state index contributed by atoms with van der Waals surface area (Å²) < 4.78 is 34.6. The lowest BCUT2D eigenvalue weighted by Crippen LogP contribution is -2.68. The first kappa shape index (κ1) is 34.1. The van der Waals surface area contributed by atoms with Gasteiger partial charge in [0.2, 0.25) is 0 Å². The predicted octanol–water partition coefficient (Wildman–Crippen LogP) is -8.90. The van der Waals surface area contributed by atoms with Crippen LogP contribution in [0.1, 0.15) is 6.42 Å². The van der Waals surface area contributed by atoms with E-state index in [9.17, 15) is 35.7 Å². The first-order chi connectivity index (χ1) is 19.8. The molecule has 1 aliphatic carbocycles. The topological polar surface area (TPSA) is 353 Å². The van der Waals surface area contributed by atoms with Crippen LogP contribution in [0.25, 0.3) is 0 Å². The second kappa shape index (κ2) is 14.1. The van der Waals surface area contributed by atoms with Crippen molar-refractivity contribution in [2.45, 2.75) is 123 Å². The van der Waals surface area contributed by atoms with E-state index >= 15 is 0 Å². The second-order valence-electron chi connectivity index (χ2n) is 11.2. The number of nitrogens with two attached hydrogens (primary N) is 6. The fourth-order valence-electron chi connectivity index (χ4n) is 5.74. The molecule has 0 aromatic heterocycles. The summed E-state index contributed by atoms with van der Waals surface area (Å²) in [5, 5.41) is 73.0. The van der Waals surface area contributed by atoms with Gasteiger partial charge in [-0.3, -0.25) is 0 Å². The van der Waals surface area contributed by atoms with E-state index in [1.807, 2.05) is 0 Å². The largest absolute Gasteiger partial charge is 0.394 e. The monoisotopic (exact) mass is 614 g/mol. The van der Waals surface area contributed by atoms with Crippen LogP contribution in [-0.2, 0) is 28.4 Å². The van der Waals surface area contributed by atoms with E-state index in [-0.39, 0.29) is 19.5 Å². The Bertz CT molecular complexity index is 868. The number of rotatable bonds is 9. The van der Waals surface area contributed by atoms with E-state index in [1.54, 1.807) is 0 Å². The number of hydrogen-bond donors (Lipinski definition) is 13. The van der Waals surface area contributed by atoms with Crippen molar-refractivity contribution in [2.75, 3.05) is 19.7 Å². The van der Waals surface area contributed by atoms with Crippen molar-refractivity contribution in [1.82, 2.24) is 0 Å². The molecule has 19 N–H and O–H groups in total. The van der Waals surface area contributed by atoms with Gasteiger partial charge in [0.05, 0.1) is 24.8 Å². The van der Waals surface area contributed by atoms with Crippen molar-refractivity contribution in [3.05, 3.63) is 0 Å². The molecule has 0 spiro atoms. The predicted molar refractivity (Wildman–Crippen MR) is 138 cm³/mol. The highest BCUT2D eigenvalue weighted by atomic mass is 16.8. The van der Waals surface area contributed by atoms with Crippen LogP contribution in [0.3, 0.4) is 0 Å². The van der Waals surface area contributed by atoms with Crippen LogP contribution in [0.4, 0.5) is 0 Å². The van der Waals surface area contributed by atoms with Crippen molar-refractivity contribution in [3.8, 4) is 0 Å². The fraction of sp³-hybridized carbons (Fsp3) is 1.00. The minimum atomic E-state index is -1.60. The third kappa shape index (κ3) is 6.60. The molecule has 8 unspecified atom stereocenters. The maximum absolute atomic E-state index is 11.1. The Morgan fingerprint density at radius 1 is 0.524 bits per heavy atom. The lowest BCUT2D eigenvalue weighted by Gasteiger charge is -2.47. The maximum atomic E-state index is 11.1. The Hall–Kier alpha value is -0.760. The molecule has 246 valence electrons. The summed E-state index contributed by atoms with van der Waals surface area (Å²) in [6.07, 6.45) is -19.8. The molecule has 0 aromatic rings. The third-order valence-corrected chi connectivity index (χ3v) is 8.37. The van der Waals surface area contributed by atoms with Crippen molar-refractivity contribution in [1.29, 1.82) is 0 Å². The molecule has 0 aromatic carbocycles. The fourth-order valence-corrected chi connectivity index (χ4v) is 5.74. The zero-order chi connectivity index (χ0) is 31.0. The second-order valence-corrected chi connectivity index (χ2v) is 11.2. The minimum Gasteiger partial charge on any atom is -0.394 e. The summed E-state index contributed by atoms with van der Waals surface area (Å²) in [5.74, 6) is 0. The van der Waals surface area contributed by atoms with Gasteiger partial charge < -0.3 is 98.6 Å². The van der Waals surface area contributed by atoms with E-state index in [0.717, 1.165) is 0 Å². The molecule has 0 amide bonds. The molecule has 0 bridgehead atoms. The molecule has 19 atom stereocenters. The van der Waals surface area contributed by atoms with Gasteiger partial charge in [-0.1, -0.05) is 0 Å². The molecular formula is C23H46N6O13. The molecule has 19 heteroatoms. The SMILES string of the molecule is NCC1O[C@H](O[C@@H]2C(N)CC(N)[C@H](O)C2OC2OC(CO)[C@@H](O[C@H]3O[C@@H](CN)[C@@H](O)C(O)[C@H]3N)[C@H]2O)[C@H](N)C(O)[C@@H]1O. The Labute approximate surface area is 241 Å². The van der Waals surface area contributed by atoms with Gasteiger partial charge in [0.1, 0.15) is 67.1 Å². The van der Waals surface area contributed by atoms with E-state index < -0.39 is 123 Å². The number of aliphatic hydroxyl groups excluding tert-OH is 7. The quantitative estimate of drug-likeness (QED) is 0.115. The van der Waals surface area contributed by atoms with Crippen LogP contribution in [-0.4, -0.2) is 172 Å². The molecule has 3 saturated heterocycles. The highest BCUT2D eigenvalue weighted by molar-refractivity contribution is 5.02. The van der Waals surface area contributed by atoms with Crippen LogP contribution in [0.2, 0.25) is 0 Å². The van der Waals surface area contributed by atoms with E-state index in [1.165, 1.54) is 0 Å². The van der Waals surface area contributed by atoms with Crippen LogP contribution in [0.5, 0.6) is 0 Å². The molecule has 3 aliphatic heterocycles. The standard InChI is InChI=1S/C23H46N6O13/c24-2-7-13(32)15(34)10(28)21(37-7)40-18-6(27)1-5(26)12(31)20(18)42-23-17(36)19(9(4-30)39-23)41-22-11(29)16(35)14(33)8(3-25)38-22/h5-23,30-36H,1-4,24-29H2/t5?,6?,7?,8-,9?,10+,11+,12-,13+,14+,15?,16?,17+,18+,19+,20?,21+,22+,23?/m0/s1. The van der Waals surface area contributed by atoms with Crippen LogP contribution in [0.15, 0.2) is 0 Å². The van der Waals surface area contributed by atoms with Gasteiger partial charge in [0.25, 0.3) is 0 Å². The maximum Gasteiger partial charge on any atom is 0.187 e. The first-order valence-corrected chi connectivity index (χ1v) is 13.9. The molecule has 42 heavy (non-hydrogen) atoms. The zero-order valence-corrected chi connectivity index (χ0v) is 22.8. The van der Waals surface area contributed by atoms with Crippen LogP contribution < -0.4 is 34.4 Å². The van der Waals surface area contributed by atoms with E-state index in [2.05, 4.69) is 0 Å². The molecule has 4 rings (SSSR count). The molecule has 19 nitrogen and oxygen atoms in total. The Balaban J connectivity index is 1.50. The van der Waals surface area contributed by atoms with Crippen LogP contribution in [0, 0.1) is 0 Å². The Kier molecular flexibility index (Phi) is 11.5. The Morgan fingerprint density at radius 2 is 0.976 bits per heavy atom. The third-order valence-electron chi connectivity index (χ3n) is 8.37. The van der Waals surface area contributed by atoms with Crippen molar-refractivity contribution in [3.63, 3.8) is 0 Å². The van der Waals surface area contributed by atoms with Gasteiger partial charge in [0.15, 0.2) is 18.9 Å². The normalized spacial score (nSPS) is 53.8. The van der Waals surface area contributed by atoms with E-state index in [4.69, 9.17) is 62.8 Å². The molecule has 1 saturated carbocycles. The van der Waals surface area contributed by atoms with Gasteiger partial charge in [-0.15, -0.1) is 0 Å².